The van der Waals surface area contributed by atoms with E-state index in [1.807, 2.05) is 0 Å². The first kappa shape index (κ1) is 37.0. The van der Waals surface area contributed by atoms with Gasteiger partial charge in [-0.25, -0.2) is 0 Å². The van der Waals surface area contributed by atoms with Crippen molar-refractivity contribution >= 4 is 0 Å². The number of unbranched alkanes of at least 4 members (excludes halogenated alkanes) is 14. The number of quaternary nitrogens is 2. The highest BCUT2D eigenvalue weighted by atomic mass is 79.9. The summed E-state index contributed by atoms with van der Waals surface area (Å²) in [6.45, 7) is 9.10. The van der Waals surface area contributed by atoms with Crippen LogP contribution >= 0.6 is 0 Å². The molecule has 0 aliphatic carbocycles. The quantitative estimate of drug-likeness (QED) is 0.116. The van der Waals surface area contributed by atoms with Gasteiger partial charge in [0, 0.05) is 0 Å². The first-order valence-electron chi connectivity index (χ1n) is 13.4. The van der Waals surface area contributed by atoms with Crippen LogP contribution in [0.2, 0.25) is 0 Å². The average molecular weight is 583 g/mol. The lowest BCUT2D eigenvalue weighted by molar-refractivity contribution is -0.885. The third-order valence-electron chi connectivity index (χ3n) is 6.37. The van der Waals surface area contributed by atoms with E-state index in [1.165, 1.54) is 116 Å². The average Bonchev–Trinajstić information content (AvgIpc) is 2.69. The molecule has 0 aromatic rings. The van der Waals surface area contributed by atoms with Crippen molar-refractivity contribution in [3.8, 4) is 11.8 Å². The summed E-state index contributed by atoms with van der Waals surface area (Å²) in [6.07, 6.45) is 22.4. The summed E-state index contributed by atoms with van der Waals surface area (Å²) >= 11 is 0. The largest absolute Gasteiger partial charge is 1.00 e. The van der Waals surface area contributed by atoms with Gasteiger partial charge in [0.15, 0.2) is 0 Å². The van der Waals surface area contributed by atoms with Gasteiger partial charge in [-0.3, -0.25) is 0 Å². The van der Waals surface area contributed by atoms with E-state index < -0.39 is 0 Å². The molecule has 0 aliphatic heterocycles. The summed E-state index contributed by atoms with van der Waals surface area (Å²) < 4.78 is 2.10. The molecule has 0 aromatic carbocycles. The molecule has 0 aliphatic rings. The molecular formula is C28H58Br2N2. The molecule has 0 aromatic heterocycles. The smallest absolute Gasteiger partial charge is 0.140 e. The molecule has 0 spiro atoms. The third kappa shape index (κ3) is 26.7. The molecule has 0 rings (SSSR count). The van der Waals surface area contributed by atoms with Crippen LogP contribution in [0.25, 0.3) is 0 Å². The predicted molar refractivity (Wildman–Crippen MR) is 137 cm³/mol. The fourth-order valence-corrected chi connectivity index (χ4v) is 4.05. The van der Waals surface area contributed by atoms with E-state index in [4.69, 9.17) is 0 Å². The third-order valence-corrected chi connectivity index (χ3v) is 6.37. The Labute approximate surface area is 225 Å². The first-order valence-corrected chi connectivity index (χ1v) is 13.4. The number of halogens is 2. The maximum absolute atomic E-state index is 3.49. The minimum absolute atomic E-state index is 0. The highest BCUT2D eigenvalue weighted by Gasteiger charge is 2.14. The van der Waals surface area contributed by atoms with Crippen LogP contribution < -0.4 is 34.0 Å². The first-order chi connectivity index (χ1) is 14.3. The van der Waals surface area contributed by atoms with Crippen LogP contribution in [-0.4, -0.2) is 63.3 Å². The Morgan fingerprint density at radius 1 is 0.406 bits per heavy atom. The fraction of sp³-hybridized carbons (Fsp3) is 0.929. The Morgan fingerprint density at radius 3 is 0.938 bits per heavy atom. The molecule has 194 valence electrons. The number of hydrogen-bond acceptors (Lipinski definition) is 0. The molecule has 0 atom stereocenters. The Morgan fingerprint density at radius 2 is 0.656 bits per heavy atom. The van der Waals surface area contributed by atoms with Gasteiger partial charge in [-0.2, -0.15) is 0 Å². The summed E-state index contributed by atoms with van der Waals surface area (Å²) in [4.78, 5) is 0. The second-order valence-corrected chi connectivity index (χ2v) is 10.9. The zero-order chi connectivity index (χ0) is 22.6. The van der Waals surface area contributed by atoms with Gasteiger partial charge >= 0.3 is 0 Å². The number of rotatable bonds is 20. The Hall–Kier alpha value is 0.440. The zero-order valence-electron chi connectivity index (χ0n) is 22.8. The molecule has 0 fully saturated rings. The highest BCUT2D eigenvalue weighted by Crippen LogP contribution is 2.11. The van der Waals surface area contributed by atoms with Gasteiger partial charge in [0.1, 0.15) is 13.1 Å². The van der Waals surface area contributed by atoms with Crippen molar-refractivity contribution < 1.29 is 42.9 Å². The maximum Gasteiger partial charge on any atom is 0.140 e. The summed E-state index contributed by atoms with van der Waals surface area (Å²) in [5, 5.41) is 0. The summed E-state index contributed by atoms with van der Waals surface area (Å²) in [5.41, 5.74) is 0. The SMILES string of the molecule is CCCCCCCCCC[N+](C)(C)CC#CC[N+](C)(C)CCCCCCCCCC.[Br-].[Br-]. The minimum Gasteiger partial charge on any atom is -1.00 e. The van der Waals surface area contributed by atoms with Crippen molar-refractivity contribution in [2.75, 3.05) is 54.4 Å². The van der Waals surface area contributed by atoms with Gasteiger partial charge in [-0.1, -0.05) is 90.9 Å². The second-order valence-electron chi connectivity index (χ2n) is 10.9. The van der Waals surface area contributed by atoms with Crippen LogP contribution in [0.4, 0.5) is 0 Å². The normalized spacial score (nSPS) is 11.3. The predicted octanol–water partition coefficient (Wildman–Crippen LogP) is 1.43. The monoisotopic (exact) mass is 580 g/mol. The van der Waals surface area contributed by atoms with E-state index in [0.717, 1.165) is 22.1 Å². The van der Waals surface area contributed by atoms with Gasteiger partial charge in [0.25, 0.3) is 0 Å². The summed E-state index contributed by atoms with van der Waals surface area (Å²) in [6, 6.07) is 0. The van der Waals surface area contributed by atoms with Gasteiger partial charge in [0.05, 0.1) is 41.3 Å². The van der Waals surface area contributed by atoms with E-state index in [0.29, 0.717) is 0 Å². The molecule has 0 heterocycles. The maximum atomic E-state index is 3.49. The van der Waals surface area contributed by atoms with Crippen molar-refractivity contribution in [1.82, 2.24) is 0 Å². The zero-order valence-corrected chi connectivity index (χ0v) is 26.0. The van der Waals surface area contributed by atoms with Gasteiger partial charge in [0.2, 0.25) is 0 Å². The highest BCUT2D eigenvalue weighted by molar-refractivity contribution is 4.99. The van der Waals surface area contributed by atoms with Crippen LogP contribution in [0.15, 0.2) is 0 Å². The summed E-state index contributed by atoms with van der Waals surface area (Å²) in [5.74, 6) is 6.99. The van der Waals surface area contributed by atoms with E-state index in [2.05, 4.69) is 53.9 Å². The van der Waals surface area contributed by atoms with Crippen LogP contribution in [0.5, 0.6) is 0 Å². The summed E-state index contributed by atoms with van der Waals surface area (Å²) in [7, 11) is 9.37. The molecule has 0 amide bonds. The van der Waals surface area contributed by atoms with Crippen molar-refractivity contribution in [3.63, 3.8) is 0 Å². The molecule has 0 saturated carbocycles. The lowest BCUT2D eigenvalue weighted by atomic mass is 10.1. The molecule has 0 bridgehead atoms. The topological polar surface area (TPSA) is 0 Å². The number of nitrogens with zero attached hydrogens (tertiary/aromatic N) is 2. The van der Waals surface area contributed by atoms with Gasteiger partial charge in [-0.05, 0) is 37.5 Å². The van der Waals surface area contributed by atoms with E-state index in [9.17, 15) is 0 Å². The van der Waals surface area contributed by atoms with Crippen LogP contribution in [0.1, 0.15) is 117 Å². The van der Waals surface area contributed by atoms with Crippen LogP contribution in [0.3, 0.4) is 0 Å². The lowest BCUT2D eigenvalue weighted by Gasteiger charge is -2.28. The molecule has 4 heteroatoms. The van der Waals surface area contributed by atoms with Crippen molar-refractivity contribution in [2.45, 2.75) is 117 Å². The molecule has 2 nitrogen and oxygen atoms in total. The minimum atomic E-state index is 0. The second kappa shape index (κ2) is 24.6. The van der Waals surface area contributed by atoms with E-state index in [-0.39, 0.29) is 34.0 Å². The molecule has 0 saturated heterocycles. The van der Waals surface area contributed by atoms with E-state index >= 15 is 0 Å². The Kier molecular flexibility index (Phi) is 28.4. The Bertz CT molecular complexity index is 400. The lowest BCUT2D eigenvalue weighted by Crippen LogP contribution is -3.00. The van der Waals surface area contributed by atoms with Crippen LogP contribution in [-0.2, 0) is 0 Å². The molecule has 0 radical (unpaired) electrons. The Balaban J connectivity index is -0.00000420. The van der Waals surface area contributed by atoms with Crippen molar-refractivity contribution in [3.05, 3.63) is 0 Å². The van der Waals surface area contributed by atoms with Gasteiger partial charge in [-0.15, -0.1) is 0 Å². The van der Waals surface area contributed by atoms with Crippen molar-refractivity contribution in [2.24, 2.45) is 0 Å². The number of hydrogen-bond donors (Lipinski definition) is 0. The van der Waals surface area contributed by atoms with Crippen molar-refractivity contribution in [1.29, 1.82) is 0 Å². The fourth-order valence-electron chi connectivity index (χ4n) is 4.05. The molecule has 0 N–H and O–H groups in total. The van der Waals surface area contributed by atoms with Gasteiger partial charge < -0.3 is 42.9 Å². The van der Waals surface area contributed by atoms with Crippen LogP contribution in [0, 0.1) is 11.8 Å². The standard InChI is InChI=1S/C28H58N2.2BrH/c1-7-9-11-13-15-17-19-21-25-29(3,4)27-23-24-28-30(5,6)26-22-20-18-16-14-12-10-8-2;;/h7-22,25-28H2,1-6H3;2*1H/q+2;;/p-2. The molecule has 32 heavy (non-hydrogen) atoms. The molecular weight excluding hydrogens is 524 g/mol. The van der Waals surface area contributed by atoms with E-state index in [1.54, 1.807) is 0 Å². The molecule has 0 unspecified atom stereocenters.